The minimum atomic E-state index is 0.0399. The maximum Gasteiger partial charge on any atom is 0.188 e. The first kappa shape index (κ1) is 28.7. The fourth-order valence-corrected chi connectivity index (χ4v) is 5.49. The summed E-state index contributed by atoms with van der Waals surface area (Å²) in [5.74, 6) is 1.24. The van der Waals surface area contributed by atoms with E-state index in [4.69, 9.17) is 12.2 Å². The van der Waals surface area contributed by atoms with Crippen molar-refractivity contribution in [3.8, 4) is 0 Å². The summed E-state index contributed by atoms with van der Waals surface area (Å²) in [6, 6.07) is 26.0. The van der Waals surface area contributed by atoms with Crippen molar-refractivity contribution < 1.29 is 9.59 Å². The predicted octanol–water partition coefficient (Wildman–Crippen LogP) is 8.19. The van der Waals surface area contributed by atoms with Crippen molar-refractivity contribution in [1.29, 1.82) is 0 Å². The molecule has 0 atom stereocenters. The summed E-state index contributed by atoms with van der Waals surface area (Å²) in [6.07, 6.45) is 3.94. The van der Waals surface area contributed by atoms with Crippen LogP contribution in [0.25, 0.3) is 12.2 Å². The zero-order valence-electron chi connectivity index (χ0n) is 23.0. The van der Waals surface area contributed by atoms with E-state index in [1.807, 2.05) is 47.4 Å². The fraction of sp³-hybridized carbons (Fsp3) is 0.265. The predicted molar refractivity (Wildman–Crippen MR) is 169 cm³/mol. The summed E-state index contributed by atoms with van der Waals surface area (Å²) in [7, 11) is 0. The largest absolute Gasteiger partial charge is 0.349 e. The fourth-order valence-electron chi connectivity index (χ4n) is 4.45. The third kappa shape index (κ3) is 7.65. The molecule has 0 amide bonds. The quantitative estimate of drug-likeness (QED) is 0.168. The highest BCUT2D eigenvalue weighted by molar-refractivity contribution is 8.23. The molecule has 3 aromatic carbocycles. The SMILES string of the molecule is CC(C)c1ccc(/C=C2\CN(C(=S)SCC(=O)c3ccccc3)C/C(=C\c3ccc(C(C)C)cc3)C2=O)cc1. The summed E-state index contributed by atoms with van der Waals surface area (Å²) in [5.41, 5.74) is 6.57. The van der Waals surface area contributed by atoms with Crippen LogP contribution in [-0.4, -0.2) is 39.6 Å². The van der Waals surface area contributed by atoms with Crippen LogP contribution in [0.15, 0.2) is 90.0 Å². The highest BCUT2D eigenvalue weighted by Gasteiger charge is 2.28. The lowest BCUT2D eigenvalue weighted by molar-refractivity contribution is -0.113. The van der Waals surface area contributed by atoms with Crippen LogP contribution >= 0.6 is 24.0 Å². The number of Topliss-reactive ketones (excluding diaryl/α,β-unsaturated/α-hetero) is 2. The molecular formula is C34H35NO2S2. The van der Waals surface area contributed by atoms with Crippen molar-refractivity contribution in [3.05, 3.63) is 118 Å². The first-order valence-electron chi connectivity index (χ1n) is 13.4. The molecule has 0 aromatic heterocycles. The summed E-state index contributed by atoms with van der Waals surface area (Å²) < 4.78 is 0.619. The van der Waals surface area contributed by atoms with E-state index >= 15 is 0 Å². The van der Waals surface area contributed by atoms with Crippen LogP contribution < -0.4 is 0 Å². The number of thiocarbonyl (C=S) groups is 1. The Bertz CT molecular complexity index is 1310. The lowest BCUT2D eigenvalue weighted by Gasteiger charge is -2.31. The van der Waals surface area contributed by atoms with Gasteiger partial charge in [-0.15, -0.1) is 0 Å². The average molecular weight is 554 g/mol. The number of rotatable bonds is 7. The minimum Gasteiger partial charge on any atom is -0.349 e. The Morgan fingerprint density at radius 2 is 1.26 bits per heavy atom. The molecule has 1 aliphatic rings. The number of hydrogen-bond donors (Lipinski definition) is 0. The molecule has 5 heteroatoms. The van der Waals surface area contributed by atoms with Gasteiger partial charge in [-0.05, 0) is 46.2 Å². The molecule has 0 saturated carbocycles. The Balaban J connectivity index is 1.59. The van der Waals surface area contributed by atoms with E-state index in [9.17, 15) is 9.59 Å². The summed E-state index contributed by atoms with van der Waals surface area (Å²) >= 11 is 7.13. The van der Waals surface area contributed by atoms with Crippen molar-refractivity contribution in [2.75, 3.05) is 18.8 Å². The third-order valence-corrected chi connectivity index (χ3v) is 8.40. The van der Waals surface area contributed by atoms with Gasteiger partial charge in [0.25, 0.3) is 0 Å². The maximum atomic E-state index is 13.6. The van der Waals surface area contributed by atoms with Gasteiger partial charge in [-0.2, -0.15) is 0 Å². The van der Waals surface area contributed by atoms with Crippen molar-refractivity contribution in [2.24, 2.45) is 0 Å². The second-order valence-corrected chi connectivity index (χ2v) is 12.1. The molecule has 1 aliphatic heterocycles. The van der Waals surface area contributed by atoms with Crippen LogP contribution in [0.2, 0.25) is 0 Å². The van der Waals surface area contributed by atoms with Crippen LogP contribution in [0.3, 0.4) is 0 Å². The second kappa shape index (κ2) is 13.2. The van der Waals surface area contributed by atoms with Gasteiger partial charge in [-0.3, -0.25) is 9.59 Å². The number of nitrogens with zero attached hydrogens (tertiary/aromatic N) is 1. The third-order valence-electron chi connectivity index (χ3n) is 6.87. The molecule has 0 bridgehead atoms. The summed E-state index contributed by atoms with van der Waals surface area (Å²) in [6.45, 7) is 9.51. The number of hydrogen-bond acceptors (Lipinski definition) is 4. The first-order chi connectivity index (χ1) is 18.7. The average Bonchev–Trinajstić information content (AvgIpc) is 2.94. The second-order valence-electron chi connectivity index (χ2n) is 10.5. The normalized spacial score (nSPS) is 15.9. The van der Waals surface area contributed by atoms with E-state index < -0.39 is 0 Å². The van der Waals surface area contributed by atoms with Crippen molar-refractivity contribution >= 4 is 52.0 Å². The number of carbonyl (C=O) groups is 2. The molecule has 1 fully saturated rings. The molecule has 0 unspecified atom stereocenters. The topological polar surface area (TPSA) is 37.4 Å². The van der Waals surface area contributed by atoms with Crippen LogP contribution in [0.5, 0.6) is 0 Å². The lowest BCUT2D eigenvalue weighted by Crippen LogP contribution is -2.40. The van der Waals surface area contributed by atoms with Crippen LogP contribution in [0.4, 0.5) is 0 Å². The van der Waals surface area contributed by atoms with E-state index in [1.54, 1.807) is 0 Å². The Morgan fingerprint density at radius 1 is 0.795 bits per heavy atom. The number of benzene rings is 3. The van der Waals surface area contributed by atoms with Gasteiger partial charge in [-0.1, -0.05) is 131 Å². The van der Waals surface area contributed by atoms with Gasteiger partial charge in [0.2, 0.25) is 0 Å². The molecule has 1 heterocycles. The van der Waals surface area contributed by atoms with E-state index in [0.29, 0.717) is 46.0 Å². The zero-order chi connectivity index (χ0) is 27.9. The highest BCUT2D eigenvalue weighted by atomic mass is 32.2. The van der Waals surface area contributed by atoms with E-state index in [-0.39, 0.29) is 17.3 Å². The number of piperidine rings is 1. The smallest absolute Gasteiger partial charge is 0.188 e. The monoisotopic (exact) mass is 553 g/mol. The van der Waals surface area contributed by atoms with Gasteiger partial charge >= 0.3 is 0 Å². The van der Waals surface area contributed by atoms with E-state index in [0.717, 1.165) is 11.1 Å². The Hall–Kier alpha value is -3.28. The molecule has 0 spiro atoms. The number of likely N-dealkylation sites (tertiary alicyclic amines) is 1. The van der Waals surface area contributed by atoms with Gasteiger partial charge in [-0.25, -0.2) is 0 Å². The molecule has 1 saturated heterocycles. The molecule has 0 N–H and O–H groups in total. The van der Waals surface area contributed by atoms with Gasteiger partial charge < -0.3 is 4.90 Å². The molecule has 0 radical (unpaired) electrons. The Labute approximate surface area is 242 Å². The van der Waals surface area contributed by atoms with Crippen LogP contribution in [0.1, 0.15) is 72.1 Å². The van der Waals surface area contributed by atoms with Crippen LogP contribution in [-0.2, 0) is 4.79 Å². The summed E-state index contributed by atoms with van der Waals surface area (Å²) in [5, 5.41) is 0. The minimum absolute atomic E-state index is 0.0399. The number of thioether (sulfide) groups is 1. The van der Waals surface area contributed by atoms with E-state index in [2.05, 4.69) is 76.2 Å². The lowest BCUT2D eigenvalue weighted by atomic mass is 9.93. The van der Waals surface area contributed by atoms with Gasteiger partial charge in [0, 0.05) is 29.8 Å². The first-order valence-corrected chi connectivity index (χ1v) is 14.8. The molecule has 4 rings (SSSR count). The van der Waals surface area contributed by atoms with Crippen molar-refractivity contribution in [1.82, 2.24) is 4.90 Å². The highest BCUT2D eigenvalue weighted by Crippen LogP contribution is 2.26. The number of carbonyl (C=O) groups excluding carboxylic acids is 2. The summed E-state index contributed by atoms with van der Waals surface area (Å²) in [4.78, 5) is 28.3. The molecule has 200 valence electrons. The van der Waals surface area contributed by atoms with Gasteiger partial charge in [0.05, 0.1) is 5.75 Å². The van der Waals surface area contributed by atoms with E-state index in [1.165, 1.54) is 22.9 Å². The van der Waals surface area contributed by atoms with Crippen molar-refractivity contribution in [3.63, 3.8) is 0 Å². The Kier molecular flexibility index (Phi) is 9.71. The van der Waals surface area contributed by atoms with Gasteiger partial charge in [0.1, 0.15) is 4.32 Å². The van der Waals surface area contributed by atoms with Crippen molar-refractivity contribution in [2.45, 2.75) is 39.5 Å². The molecule has 3 nitrogen and oxygen atoms in total. The zero-order valence-corrected chi connectivity index (χ0v) is 24.6. The standard InChI is InChI=1S/C34H35NO2S2/c1-23(2)27-14-10-25(11-15-27)18-30-20-35(34(38)39-22-32(36)29-8-6-5-7-9-29)21-31(33(30)37)19-26-12-16-28(17-13-26)24(3)4/h5-19,23-24H,20-22H2,1-4H3/b30-18+,31-19+. The number of ketones is 2. The molecule has 0 aliphatic carbocycles. The Morgan fingerprint density at radius 3 is 1.69 bits per heavy atom. The molecular weight excluding hydrogens is 519 g/mol. The molecule has 39 heavy (non-hydrogen) atoms. The van der Waals surface area contributed by atoms with Gasteiger partial charge in [0.15, 0.2) is 11.6 Å². The molecule has 3 aromatic rings. The van der Waals surface area contributed by atoms with Crippen LogP contribution in [0, 0.1) is 0 Å². The maximum absolute atomic E-state index is 13.6.